The normalized spacial score (nSPS) is 34.1. The summed E-state index contributed by atoms with van der Waals surface area (Å²) in [7, 11) is 0. The summed E-state index contributed by atoms with van der Waals surface area (Å²) < 4.78 is 0. The Kier molecular flexibility index (Phi) is 2.74. The second-order valence-corrected chi connectivity index (χ2v) is 4.51. The van der Waals surface area contributed by atoms with Crippen LogP contribution in [0.3, 0.4) is 0 Å². The van der Waals surface area contributed by atoms with E-state index in [1.54, 1.807) is 0 Å². The lowest BCUT2D eigenvalue weighted by Crippen LogP contribution is -2.67. The van der Waals surface area contributed by atoms with Gasteiger partial charge in [0.05, 0.1) is 0 Å². The van der Waals surface area contributed by atoms with Gasteiger partial charge in [-0.25, -0.2) is 0 Å². The lowest BCUT2D eigenvalue weighted by Gasteiger charge is -2.46. The summed E-state index contributed by atoms with van der Waals surface area (Å²) in [6.07, 6.45) is 0. The SMILES string of the molecule is CC(C)C1CNC(=O)[C@@H]2CNCCN12. The van der Waals surface area contributed by atoms with Crippen LogP contribution in [0.15, 0.2) is 0 Å². The Morgan fingerprint density at radius 3 is 2.93 bits per heavy atom. The van der Waals surface area contributed by atoms with Crippen LogP contribution in [-0.2, 0) is 4.79 Å². The third-order valence-corrected chi connectivity index (χ3v) is 3.27. The highest BCUT2D eigenvalue weighted by atomic mass is 16.2. The van der Waals surface area contributed by atoms with Crippen molar-refractivity contribution >= 4 is 5.91 Å². The first-order chi connectivity index (χ1) is 6.70. The van der Waals surface area contributed by atoms with Crippen molar-refractivity contribution in [3.8, 4) is 0 Å². The number of rotatable bonds is 1. The van der Waals surface area contributed by atoms with Crippen molar-refractivity contribution < 1.29 is 4.79 Å². The van der Waals surface area contributed by atoms with E-state index in [-0.39, 0.29) is 11.9 Å². The molecule has 0 aliphatic carbocycles. The molecule has 4 heteroatoms. The van der Waals surface area contributed by atoms with Gasteiger partial charge in [0.2, 0.25) is 5.91 Å². The second kappa shape index (κ2) is 3.87. The summed E-state index contributed by atoms with van der Waals surface area (Å²) in [4.78, 5) is 14.0. The Hall–Kier alpha value is -0.610. The van der Waals surface area contributed by atoms with E-state index in [9.17, 15) is 4.79 Å². The standard InChI is InChI=1S/C10H19N3O/c1-7(2)8-6-12-10(14)9-5-11-3-4-13(8)9/h7-9,11H,3-6H2,1-2H3,(H,12,14)/t8?,9-/m0/s1. The van der Waals surface area contributed by atoms with Gasteiger partial charge in [-0.2, -0.15) is 0 Å². The molecular formula is C10H19N3O. The number of carbonyl (C=O) groups is 1. The van der Waals surface area contributed by atoms with Gasteiger partial charge in [0.1, 0.15) is 6.04 Å². The Balaban J connectivity index is 2.12. The second-order valence-electron chi connectivity index (χ2n) is 4.51. The molecule has 0 bridgehead atoms. The number of carbonyl (C=O) groups excluding carboxylic acids is 1. The van der Waals surface area contributed by atoms with Gasteiger partial charge >= 0.3 is 0 Å². The van der Waals surface area contributed by atoms with Gasteiger partial charge in [-0.1, -0.05) is 13.8 Å². The highest BCUT2D eigenvalue weighted by molar-refractivity contribution is 5.83. The first-order valence-corrected chi connectivity index (χ1v) is 5.44. The summed E-state index contributed by atoms with van der Waals surface area (Å²) in [5, 5.41) is 6.26. The van der Waals surface area contributed by atoms with E-state index >= 15 is 0 Å². The van der Waals surface area contributed by atoms with Crippen LogP contribution in [0.4, 0.5) is 0 Å². The van der Waals surface area contributed by atoms with Crippen molar-refractivity contribution in [1.29, 1.82) is 0 Å². The molecule has 80 valence electrons. The van der Waals surface area contributed by atoms with Gasteiger partial charge in [0, 0.05) is 32.2 Å². The molecule has 1 amide bonds. The molecule has 2 rings (SSSR count). The van der Waals surface area contributed by atoms with Gasteiger partial charge < -0.3 is 10.6 Å². The number of hydrogen-bond acceptors (Lipinski definition) is 3. The number of nitrogens with one attached hydrogen (secondary N) is 2. The molecule has 0 spiro atoms. The van der Waals surface area contributed by atoms with Crippen LogP contribution >= 0.6 is 0 Å². The first-order valence-electron chi connectivity index (χ1n) is 5.44. The largest absolute Gasteiger partial charge is 0.353 e. The van der Waals surface area contributed by atoms with Crippen LogP contribution in [0.5, 0.6) is 0 Å². The molecule has 14 heavy (non-hydrogen) atoms. The fraction of sp³-hybridized carbons (Fsp3) is 0.900. The lowest BCUT2D eigenvalue weighted by molar-refractivity contribution is -0.132. The van der Waals surface area contributed by atoms with Crippen molar-refractivity contribution in [3.63, 3.8) is 0 Å². The molecule has 0 saturated carbocycles. The Morgan fingerprint density at radius 1 is 1.43 bits per heavy atom. The van der Waals surface area contributed by atoms with Crippen LogP contribution < -0.4 is 10.6 Å². The zero-order valence-electron chi connectivity index (χ0n) is 8.92. The molecular weight excluding hydrogens is 178 g/mol. The van der Waals surface area contributed by atoms with E-state index in [1.165, 1.54) is 0 Å². The molecule has 2 N–H and O–H groups in total. The van der Waals surface area contributed by atoms with Crippen molar-refractivity contribution in [2.24, 2.45) is 5.92 Å². The highest BCUT2D eigenvalue weighted by Gasteiger charge is 2.38. The first kappa shape index (κ1) is 9.93. The molecule has 2 aliphatic heterocycles. The van der Waals surface area contributed by atoms with Gasteiger partial charge in [0.25, 0.3) is 0 Å². The highest BCUT2D eigenvalue weighted by Crippen LogP contribution is 2.18. The van der Waals surface area contributed by atoms with Gasteiger partial charge in [-0.05, 0) is 5.92 Å². The van der Waals surface area contributed by atoms with E-state index in [1.807, 2.05) is 0 Å². The molecule has 2 atom stereocenters. The fourth-order valence-electron chi connectivity index (χ4n) is 2.42. The maximum atomic E-state index is 11.6. The molecule has 0 aromatic carbocycles. The minimum atomic E-state index is 0.0601. The van der Waals surface area contributed by atoms with Crippen LogP contribution in [0.1, 0.15) is 13.8 Å². The molecule has 0 aromatic heterocycles. The van der Waals surface area contributed by atoms with Crippen molar-refractivity contribution in [2.75, 3.05) is 26.2 Å². The van der Waals surface area contributed by atoms with Crippen LogP contribution in [0.2, 0.25) is 0 Å². The van der Waals surface area contributed by atoms with E-state index in [4.69, 9.17) is 0 Å². The van der Waals surface area contributed by atoms with Crippen LogP contribution in [-0.4, -0.2) is 49.1 Å². The zero-order chi connectivity index (χ0) is 10.1. The fourth-order valence-corrected chi connectivity index (χ4v) is 2.42. The summed E-state index contributed by atoms with van der Waals surface area (Å²) in [6, 6.07) is 0.574. The van der Waals surface area contributed by atoms with Crippen LogP contribution in [0.25, 0.3) is 0 Å². The number of amides is 1. The molecule has 4 nitrogen and oxygen atoms in total. The van der Waals surface area contributed by atoms with Crippen molar-refractivity contribution in [1.82, 2.24) is 15.5 Å². The van der Waals surface area contributed by atoms with Gasteiger partial charge in [0.15, 0.2) is 0 Å². The van der Waals surface area contributed by atoms with Crippen molar-refractivity contribution in [3.05, 3.63) is 0 Å². The predicted octanol–water partition coefficient (Wildman–Crippen LogP) is -0.585. The van der Waals surface area contributed by atoms with E-state index in [0.29, 0.717) is 12.0 Å². The van der Waals surface area contributed by atoms with Gasteiger partial charge in [-0.3, -0.25) is 9.69 Å². The third-order valence-electron chi connectivity index (χ3n) is 3.27. The minimum absolute atomic E-state index is 0.0601. The summed E-state index contributed by atoms with van der Waals surface area (Å²) in [6.45, 7) is 8.07. The van der Waals surface area contributed by atoms with E-state index in [0.717, 1.165) is 26.2 Å². The smallest absolute Gasteiger partial charge is 0.238 e. The molecule has 2 fully saturated rings. The average Bonchev–Trinajstić information content (AvgIpc) is 2.18. The number of nitrogens with zero attached hydrogens (tertiary/aromatic N) is 1. The molecule has 2 saturated heterocycles. The third kappa shape index (κ3) is 1.64. The van der Waals surface area contributed by atoms with E-state index < -0.39 is 0 Å². The summed E-state index contributed by atoms with van der Waals surface area (Å²) >= 11 is 0. The topological polar surface area (TPSA) is 44.4 Å². The maximum Gasteiger partial charge on any atom is 0.238 e. The maximum absolute atomic E-state index is 11.6. The quantitative estimate of drug-likeness (QED) is 0.591. The number of piperazine rings is 2. The monoisotopic (exact) mass is 197 g/mol. The predicted molar refractivity (Wildman–Crippen MR) is 55.0 cm³/mol. The minimum Gasteiger partial charge on any atom is -0.353 e. The Bertz CT molecular complexity index is 229. The van der Waals surface area contributed by atoms with Crippen LogP contribution in [0, 0.1) is 5.92 Å². The van der Waals surface area contributed by atoms with E-state index in [2.05, 4.69) is 29.4 Å². The molecule has 2 aliphatic rings. The van der Waals surface area contributed by atoms with Gasteiger partial charge in [-0.15, -0.1) is 0 Å². The summed E-state index contributed by atoms with van der Waals surface area (Å²) in [5.74, 6) is 0.797. The molecule has 1 unspecified atom stereocenters. The van der Waals surface area contributed by atoms with Crippen molar-refractivity contribution in [2.45, 2.75) is 25.9 Å². The average molecular weight is 197 g/mol. The molecule has 0 radical (unpaired) electrons. The Morgan fingerprint density at radius 2 is 2.21 bits per heavy atom. The zero-order valence-corrected chi connectivity index (χ0v) is 8.92. The Labute approximate surface area is 85.0 Å². The summed E-state index contributed by atoms with van der Waals surface area (Å²) in [5.41, 5.74) is 0. The lowest BCUT2D eigenvalue weighted by atomic mass is 9.96. The molecule has 0 aromatic rings. The number of hydrogen-bond donors (Lipinski definition) is 2. The molecule has 2 heterocycles. The number of fused-ring (bicyclic) bond motifs is 1.